The molecule has 24 heteroatoms. The first kappa shape index (κ1) is 27.6. The van der Waals surface area contributed by atoms with E-state index in [9.17, 15) is 32.9 Å². The van der Waals surface area contributed by atoms with E-state index in [2.05, 4.69) is 38.4 Å². The molecule has 0 aliphatic carbocycles. The molecule has 2 aromatic heterocycles. The third-order valence-corrected chi connectivity index (χ3v) is 8.13. The van der Waals surface area contributed by atoms with E-state index in [1.165, 1.54) is 0 Å². The highest BCUT2D eigenvalue weighted by molar-refractivity contribution is 7.66. The van der Waals surface area contributed by atoms with Gasteiger partial charge in [-0.25, -0.2) is 23.1 Å². The minimum Gasteiger partial charge on any atom is -0.382 e. The summed E-state index contributed by atoms with van der Waals surface area (Å²) in [6.45, 7) is -0.197. The summed E-state index contributed by atoms with van der Waals surface area (Å²) in [4.78, 5) is 57.8. The van der Waals surface area contributed by atoms with Gasteiger partial charge in [0.1, 0.15) is 11.7 Å². The molecule has 196 valence electrons. The number of nitrogens with two attached hydrogens (primary N) is 1. The number of rotatable bonds is 9. The van der Waals surface area contributed by atoms with Gasteiger partial charge < -0.3 is 35.3 Å². The number of hydrogen-bond donors (Lipinski definition) is 7. The van der Waals surface area contributed by atoms with Crippen LogP contribution >= 0.6 is 23.5 Å². The van der Waals surface area contributed by atoms with Gasteiger partial charge in [-0.15, -0.1) is 0 Å². The van der Waals surface area contributed by atoms with Crippen molar-refractivity contribution < 1.29 is 60.6 Å². The molecule has 8 N–H and O–H groups in total. The highest BCUT2D eigenvalue weighted by atomic mass is 31.3. The molecule has 2 aromatic rings. The molecular formula is C11H17FN7O13P3. The van der Waals surface area contributed by atoms with E-state index in [-0.39, 0.29) is 17.1 Å². The summed E-state index contributed by atoms with van der Waals surface area (Å²) < 4.78 is 66.6. The summed E-state index contributed by atoms with van der Waals surface area (Å²) in [6.07, 6.45) is -4.81. The van der Waals surface area contributed by atoms with Crippen molar-refractivity contribution in [1.29, 1.82) is 0 Å². The number of halogens is 1. The zero-order valence-corrected chi connectivity index (χ0v) is 19.7. The molecule has 35 heavy (non-hydrogen) atoms. The Hall–Kier alpha value is -1.99. The molecule has 0 radical (unpaired) electrons. The summed E-state index contributed by atoms with van der Waals surface area (Å²) in [7, 11) is -17.0. The van der Waals surface area contributed by atoms with Crippen LogP contribution in [0, 0.1) is 0 Å². The van der Waals surface area contributed by atoms with Crippen LogP contribution in [0.5, 0.6) is 0 Å². The normalized spacial score (nSPS) is 28.9. The number of aliphatic hydroxyl groups is 1. The average molecular weight is 567 g/mol. The standard InChI is InChI=1S/C11H17FN7O13P3/c1-11(21)6(12)4(2-29-34(25,26)32-35(27,28)31-33(22,23)24)30-9(11)19-3-14-5-7(19)15-10(17-18-13)16-8(5)20/h3-4,6,9,21H,2H2,1H3,(H,25,26)(H,27,28)(H2,22,23,24)(H3,13,15,16,17,20)/t4-,6-,9-,11-/m1/s1. The van der Waals surface area contributed by atoms with Crippen molar-refractivity contribution in [3.05, 3.63) is 16.7 Å². The maximum absolute atomic E-state index is 15.0. The lowest BCUT2D eigenvalue weighted by molar-refractivity contribution is -0.0888. The molecule has 3 rings (SSSR count). The van der Waals surface area contributed by atoms with Crippen LogP contribution < -0.4 is 11.4 Å². The van der Waals surface area contributed by atoms with E-state index in [1.807, 2.05) is 0 Å². The van der Waals surface area contributed by atoms with E-state index in [4.69, 9.17) is 25.3 Å². The predicted octanol–water partition coefficient (Wildman–Crippen LogP) is -0.593. The first-order chi connectivity index (χ1) is 16.0. The van der Waals surface area contributed by atoms with Crippen LogP contribution in [0.2, 0.25) is 0 Å². The molecule has 0 amide bonds. The second-order valence-corrected chi connectivity index (χ2v) is 11.4. The van der Waals surface area contributed by atoms with Crippen molar-refractivity contribution in [3.8, 4) is 0 Å². The van der Waals surface area contributed by atoms with Crippen molar-refractivity contribution >= 4 is 40.6 Å². The third-order valence-electron chi connectivity index (χ3n) is 4.33. The second kappa shape index (κ2) is 9.47. The Labute approximate surface area is 192 Å². The minimum atomic E-state index is -5.80. The number of nitrogens with zero attached hydrogens (tertiary/aromatic N) is 5. The number of H-pyrrole nitrogens is 1. The number of aromatic amines is 1. The molecule has 0 bridgehead atoms. The highest BCUT2D eigenvalue weighted by Crippen LogP contribution is 2.66. The Morgan fingerprint density at radius 1 is 1.29 bits per heavy atom. The third kappa shape index (κ3) is 6.23. The lowest BCUT2D eigenvalue weighted by Crippen LogP contribution is -2.41. The first-order valence-electron chi connectivity index (χ1n) is 8.84. The van der Waals surface area contributed by atoms with Crippen LogP contribution in [0.3, 0.4) is 0 Å². The molecule has 6 atom stereocenters. The van der Waals surface area contributed by atoms with E-state index in [0.717, 1.165) is 17.8 Å². The van der Waals surface area contributed by atoms with Gasteiger partial charge in [0.15, 0.2) is 23.6 Å². The lowest BCUT2D eigenvalue weighted by Gasteiger charge is -2.26. The Kier molecular flexibility index (Phi) is 7.47. The van der Waals surface area contributed by atoms with E-state index in [1.54, 1.807) is 0 Å². The van der Waals surface area contributed by atoms with Crippen LogP contribution in [0.1, 0.15) is 13.2 Å². The molecule has 2 unspecified atom stereocenters. The summed E-state index contributed by atoms with van der Waals surface area (Å²) >= 11 is 0. The maximum atomic E-state index is 15.0. The number of phosphoric acid groups is 3. The predicted molar refractivity (Wildman–Crippen MR) is 106 cm³/mol. The fraction of sp³-hybridized carbons (Fsp3) is 0.545. The summed E-state index contributed by atoms with van der Waals surface area (Å²) in [5.41, 5.74) is -3.65. The van der Waals surface area contributed by atoms with Gasteiger partial charge in [0.05, 0.1) is 12.9 Å². The van der Waals surface area contributed by atoms with Gasteiger partial charge >= 0.3 is 23.5 Å². The van der Waals surface area contributed by atoms with Gasteiger partial charge in [0, 0.05) is 0 Å². The quantitative estimate of drug-likeness (QED) is 0.0861. The zero-order valence-electron chi connectivity index (χ0n) is 17.1. The minimum absolute atomic E-state index is 0.234. The van der Waals surface area contributed by atoms with E-state index >= 15 is 0 Å². The van der Waals surface area contributed by atoms with Gasteiger partial charge in [-0.2, -0.15) is 13.6 Å². The average Bonchev–Trinajstić information content (AvgIpc) is 3.17. The molecule has 0 aromatic carbocycles. The van der Waals surface area contributed by atoms with Crippen LogP contribution in [-0.2, 0) is 31.6 Å². The second-order valence-electron chi connectivity index (χ2n) is 6.97. The van der Waals surface area contributed by atoms with Crippen LogP contribution in [-0.4, -0.2) is 68.7 Å². The smallest absolute Gasteiger partial charge is 0.382 e. The van der Waals surface area contributed by atoms with Crippen molar-refractivity contribution in [1.82, 2.24) is 19.5 Å². The molecule has 0 spiro atoms. The number of hydrogen-bond acceptors (Lipinski definition) is 13. The fourth-order valence-electron chi connectivity index (χ4n) is 3.01. The van der Waals surface area contributed by atoms with Gasteiger partial charge in [-0.3, -0.25) is 18.9 Å². The molecule has 1 aliphatic rings. The molecule has 1 saturated heterocycles. The molecular weight excluding hydrogens is 550 g/mol. The number of ether oxygens (including phenoxy) is 1. The summed E-state index contributed by atoms with van der Waals surface area (Å²) in [5.74, 6) is 4.56. The Morgan fingerprint density at radius 3 is 2.54 bits per heavy atom. The first-order valence-corrected chi connectivity index (χ1v) is 13.4. The maximum Gasteiger partial charge on any atom is 0.490 e. The van der Waals surface area contributed by atoms with Crippen molar-refractivity contribution in [3.63, 3.8) is 0 Å². The number of phosphoric ester groups is 1. The van der Waals surface area contributed by atoms with Crippen LogP contribution in [0.4, 0.5) is 10.3 Å². The van der Waals surface area contributed by atoms with Crippen molar-refractivity contribution in [2.45, 2.75) is 31.0 Å². The van der Waals surface area contributed by atoms with Gasteiger partial charge in [-0.1, -0.05) is 10.3 Å². The number of aromatic nitrogens is 4. The fourth-order valence-corrected chi connectivity index (χ4v) is 6.04. The van der Waals surface area contributed by atoms with E-state index in [0.29, 0.717) is 0 Å². The number of alkyl halides is 1. The molecule has 1 aliphatic heterocycles. The number of nitrogens with one attached hydrogen (secondary N) is 1. The van der Waals surface area contributed by atoms with Crippen LogP contribution in [0.25, 0.3) is 11.2 Å². The highest BCUT2D eigenvalue weighted by Gasteiger charge is 2.55. The van der Waals surface area contributed by atoms with E-state index < -0.39 is 59.7 Å². The van der Waals surface area contributed by atoms with Gasteiger partial charge in [0.25, 0.3) is 11.5 Å². The molecule has 0 saturated carbocycles. The number of imidazole rings is 1. The lowest BCUT2D eigenvalue weighted by atomic mass is 9.98. The summed E-state index contributed by atoms with van der Waals surface area (Å²) in [6, 6.07) is 0. The summed E-state index contributed by atoms with van der Waals surface area (Å²) in [5, 5.41) is 17.0. The number of fused-ring (bicyclic) bond motifs is 1. The van der Waals surface area contributed by atoms with Crippen LogP contribution in [0.15, 0.2) is 21.5 Å². The monoisotopic (exact) mass is 567 g/mol. The molecule has 1 fully saturated rings. The van der Waals surface area contributed by atoms with Crippen molar-refractivity contribution in [2.24, 2.45) is 16.2 Å². The molecule has 3 heterocycles. The Morgan fingerprint density at radius 2 is 1.94 bits per heavy atom. The van der Waals surface area contributed by atoms with Gasteiger partial charge in [0.2, 0.25) is 0 Å². The largest absolute Gasteiger partial charge is 0.490 e. The van der Waals surface area contributed by atoms with Crippen molar-refractivity contribution in [2.75, 3.05) is 6.61 Å². The van der Waals surface area contributed by atoms with Gasteiger partial charge in [-0.05, 0) is 6.92 Å². The SMILES string of the molecule is C[C@@]1(O)[C@H](F)[C@@H](COP(=O)(O)OP(=O)(O)OP(=O)(O)O)O[C@H]1n1cnc2c(=O)[nH]c(N=NN)nc21. The zero-order chi connectivity index (χ0) is 26.4. The topological polar surface area (TPSA) is 304 Å². The Balaban J connectivity index is 1.81. The molecule has 20 nitrogen and oxygen atoms in total. The Bertz CT molecular complexity index is 1340.